The molecule has 7 heteroatoms. The number of hydrogen-bond acceptors (Lipinski definition) is 5. The van der Waals surface area contributed by atoms with Gasteiger partial charge in [-0.2, -0.15) is 14.7 Å². The lowest BCUT2D eigenvalue weighted by Gasteiger charge is -2.37. The maximum Gasteiger partial charge on any atom is 0.165 e. The highest BCUT2D eigenvalue weighted by Gasteiger charge is 2.27. The summed E-state index contributed by atoms with van der Waals surface area (Å²) in [6.45, 7) is 9.14. The van der Waals surface area contributed by atoms with Crippen molar-refractivity contribution in [2.75, 3.05) is 18.8 Å². The molecule has 0 amide bonds. The Morgan fingerprint density at radius 1 is 1.18 bits per heavy atom. The molecule has 0 saturated carbocycles. The molecular formula is C21H31N7. The van der Waals surface area contributed by atoms with Crippen LogP contribution in [0.2, 0.25) is 0 Å². The SMILES string of the molecule is Cn1cc(-c2cnn3c(N)cc(C4CCCCN4CCC(C)(C)C)nc23)cn1. The van der Waals surface area contributed by atoms with Gasteiger partial charge in [-0.3, -0.25) is 9.58 Å². The van der Waals surface area contributed by atoms with Crippen molar-refractivity contribution in [2.45, 2.75) is 52.5 Å². The third-order valence-corrected chi connectivity index (χ3v) is 5.64. The Balaban J connectivity index is 1.71. The molecule has 150 valence electrons. The third kappa shape index (κ3) is 3.76. The van der Waals surface area contributed by atoms with Crippen LogP contribution in [-0.4, -0.2) is 42.4 Å². The fraction of sp³-hybridized carbons (Fsp3) is 0.571. The van der Waals surface area contributed by atoms with Gasteiger partial charge in [-0.1, -0.05) is 27.2 Å². The molecule has 28 heavy (non-hydrogen) atoms. The molecule has 1 fully saturated rings. The highest BCUT2D eigenvalue weighted by Crippen LogP contribution is 2.34. The van der Waals surface area contributed by atoms with Gasteiger partial charge in [-0.05, 0) is 37.8 Å². The maximum absolute atomic E-state index is 6.37. The van der Waals surface area contributed by atoms with Gasteiger partial charge >= 0.3 is 0 Å². The lowest BCUT2D eigenvalue weighted by molar-refractivity contribution is 0.127. The molecule has 0 aliphatic carbocycles. The minimum atomic E-state index is 0.319. The van der Waals surface area contributed by atoms with E-state index in [1.165, 1.54) is 19.3 Å². The first-order valence-corrected chi connectivity index (χ1v) is 10.2. The molecule has 1 aliphatic heterocycles. The molecule has 1 unspecified atom stereocenters. The number of anilines is 1. The van der Waals surface area contributed by atoms with Crippen LogP contribution in [0.5, 0.6) is 0 Å². The summed E-state index contributed by atoms with van der Waals surface area (Å²) in [6, 6.07) is 2.33. The number of piperidine rings is 1. The average molecular weight is 382 g/mol. The normalized spacial score (nSPS) is 18.8. The van der Waals surface area contributed by atoms with E-state index in [4.69, 9.17) is 10.7 Å². The summed E-state index contributed by atoms with van der Waals surface area (Å²) >= 11 is 0. The van der Waals surface area contributed by atoms with Crippen molar-refractivity contribution in [3.63, 3.8) is 0 Å². The Morgan fingerprint density at radius 2 is 2.00 bits per heavy atom. The fourth-order valence-electron chi connectivity index (χ4n) is 4.01. The molecule has 1 aliphatic rings. The number of nitrogens with zero attached hydrogens (tertiary/aromatic N) is 6. The van der Waals surface area contributed by atoms with Crippen molar-refractivity contribution >= 4 is 11.5 Å². The van der Waals surface area contributed by atoms with Crippen molar-refractivity contribution in [1.82, 2.24) is 29.3 Å². The molecule has 0 radical (unpaired) electrons. The second-order valence-electron chi connectivity index (χ2n) is 9.16. The van der Waals surface area contributed by atoms with E-state index in [0.29, 0.717) is 17.3 Å². The summed E-state index contributed by atoms with van der Waals surface area (Å²) in [7, 11) is 1.91. The van der Waals surface area contributed by atoms with E-state index >= 15 is 0 Å². The van der Waals surface area contributed by atoms with E-state index in [2.05, 4.69) is 35.9 Å². The number of rotatable bonds is 4. The van der Waals surface area contributed by atoms with Gasteiger partial charge < -0.3 is 5.73 Å². The van der Waals surface area contributed by atoms with Gasteiger partial charge in [0.25, 0.3) is 0 Å². The van der Waals surface area contributed by atoms with Gasteiger partial charge in [0.05, 0.1) is 24.1 Å². The molecule has 3 aromatic rings. The predicted molar refractivity (Wildman–Crippen MR) is 112 cm³/mol. The Hall–Kier alpha value is -2.41. The zero-order chi connectivity index (χ0) is 19.9. The van der Waals surface area contributed by atoms with Gasteiger partial charge in [0, 0.05) is 30.4 Å². The van der Waals surface area contributed by atoms with Crippen LogP contribution in [0.4, 0.5) is 5.82 Å². The van der Waals surface area contributed by atoms with Crippen LogP contribution in [0.25, 0.3) is 16.8 Å². The number of fused-ring (bicyclic) bond motifs is 1. The maximum atomic E-state index is 6.37. The summed E-state index contributed by atoms with van der Waals surface area (Å²) in [4.78, 5) is 7.63. The molecule has 1 saturated heterocycles. The monoisotopic (exact) mass is 381 g/mol. The van der Waals surface area contributed by atoms with Crippen LogP contribution >= 0.6 is 0 Å². The highest BCUT2D eigenvalue weighted by molar-refractivity contribution is 5.77. The summed E-state index contributed by atoms with van der Waals surface area (Å²) in [5, 5.41) is 8.74. The van der Waals surface area contributed by atoms with Crippen molar-refractivity contribution in [3.8, 4) is 11.1 Å². The number of aryl methyl sites for hydroxylation is 1. The number of likely N-dealkylation sites (tertiary alicyclic amines) is 1. The van der Waals surface area contributed by atoms with E-state index in [0.717, 1.165) is 42.0 Å². The lowest BCUT2D eigenvalue weighted by atomic mass is 9.90. The standard InChI is InChI=1S/C21H31N7/c1-21(2,3)8-10-27-9-6-5-7-18(27)17-11-19(22)28-20(25-17)16(13-24-28)15-12-23-26(4)14-15/h11-14,18H,5-10,22H2,1-4H3. The van der Waals surface area contributed by atoms with Crippen molar-refractivity contribution in [2.24, 2.45) is 12.5 Å². The first-order valence-electron chi connectivity index (χ1n) is 10.2. The highest BCUT2D eigenvalue weighted by atomic mass is 15.3. The van der Waals surface area contributed by atoms with Crippen LogP contribution in [0.1, 0.15) is 58.2 Å². The second-order valence-corrected chi connectivity index (χ2v) is 9.16. The van der Waals surface area contributed by atoms with Crippen molar-refractivity contribution in [3.05, 3.63) is 30.4 Å². The summed E-state index contributed by atoms with van der Waals surface area (Å²) in [5.74, 6) is 0.636. The van der Waals surface area contributed by atoms with Gasteiger partial charge in [-0.25, -0.2) is 4.98 Å². The second kappa shape index (κ2) is 7.20. The van der Waals surface area contributed by atoms with Crippen LogP contribution in [-0.2, 0) is 7.05 Å². The average Bonchev–Trinajstić information content (AvgIpc) is 3.25. The summed E-state index contributed by atoms with van der Waals surface area (Å²) < 4.78 is 3.52. The van der Waals surface area contributed by atoms with Gasteiger partial charge in [0.1, 0.15) is 5.82 Å². The first kappa shape index (κ1) is 18.9. The topological polar surface area (TPSA) is 77.3 Å². The minimum absolute atomic E-state index is 0.319. The van der Waals surface area contributed by atoms with E-state index in [1.807, 2.05) is 31.7 Å². The minimum Gasteiger partial charge on any atom is -0.384 e. The summed E-state index contributed by atoms with van der Waals surface area (Å²) in [6.07, 6.45) is 10.5. The van der Waals surface area contributed by atoms with E-state index < -0.39 is 0 Å². The summed E-state index contributed by atoms with van der Waals surface area (Å²) in [5.41, 5.74) is 10.5. The largest absolute Gasteiger partial charge is 0.384 e. The van der Waals surface area contributed by atoms with E-state index in [1.54, 1.807) is 9.20 Å². The number of nitrogen functional groups attached to an aromatic ring is 1. The molecular weight excluding hydrogens is 350 g/mol. The van der Waals surface area contributed by atoms with Crippen LogP contribution in [0, 0.1) is 5.41 Å². The molecule has 1 atom stereocenters. The third-order valence-electron chi connectivity index (χ3n) is 5.64. The zero-order valence-electron chi connectivity index (χ0n) is 17.4. The molecule has 7 nitrogen and oxygen atoms in total. The molecule has 0 bridgehead atoms. The Morgan fingerprint density at radius 3 is 2.71 bits per heavy atom. The predicted octanol–water partition coefficient (Wildman–Crippen LogP) is 3.68. The van der Waals surface area contributed by atoms with Crippen LogP contribution in [0.3, 0.4) is 0 Å². The van der Waals surface area contributed by atoms with Gasteiger partial charge in [-0.15, -0.1) is 0 Å². The van der Waals surface area contributed by atoms with Crippen LogP contribution < -0.4 is 5.73 Å². The Kier molecular flexibility index (Phi) is 4.87. The molecule has 0 aromatic carbocycles. The molecule has 2 N–H and O–H groups in total. The van der Waals surface area contributed by atoms with E-state index in [9.17, 15) is 0 Å². The molecule has 0 spiro atoms. The van der Waals surface area contributed by atoms with Gasteiger partial charge in [0.15, 0.2) is 5.65 Å². The smallest absolute Gasteiger partial charge is 0.165 e. The van der Waals surface area contributed by atoms with Crippen molar-refractivity contribution < 1.29 is 0 Å². The number of aromatic nitrogens is 5. The van der Waals surface area contributed by atoms with E-state index in [-0.39, 0.29) is 0 Å². The molecule has 4 heterocycles. The first-order chi connectivity index (χ1) is 13.3. The van der Waals surface area contributed by atoms with Gasteiger partial charge in [0.2, 0.25) is 0 Å². The number of nitrogens with two attached hydrogens (primary N) is 1. The zero-order valence-corrected chi connectivity index (χ0v) is 17.4. The van der Waals surface area contributed by atoms with Crippen molar-refractivity contribution in [1.29, 1.82) is 0 Å². The van der Waals surface area contributed by atoms with Crippen LogP contribution in [0.15, 0.2) is 24.7 Å². The lowest BCUT2D eigenvalue weighted by Crippen LogP contribution is -2.36. The Bertz CT molecular complexity index is 963. The molecule has 3 aromatic heterocycles. The Labute approximate surface area is 166 Å². The number of hydrogen-bond donors (Lipinski definition) is 1. The fourth-order valence-corrected chi connectivity index (χ4v) is 4.01. The quantitative estimate of drug-likeness (QED) is 0.746. The molecule has 4 rings (SSSR count).